The molecule has 2 aromatic carbocycles. The van der Waals surface area contributed by atoms with Crippen molar-refractivity contribution < 1.29 is 19.4 Å². The molecule has 3 rings (SSSR count). The van der Waals surface area contributed by atoms with Gasteiger partial charge in [-0.1, -0.05) is 22.0 Å². The summed E-state index contributed by atoms with van der Waals surface area (Å²) in [5, 5.41) is 22.5. The van der Waals surface area contributed by atoms with Crippen molar-refractivity contribution in [2.24, 2.45) is 0 Å². The zero-order valence-electron chi connectivity index (χ0n) is 13.2. The number of benzene rings is 2. The van der Waals surface area contributed by atoms with E-state index in [-0.39, 0.29) is 35.0 Å². The van der Waals surface area contributed by atoms with Crippen molar-refractivity contribution in [2.75, 3.05) is 5.32 Å². The molecule has 0 fully saturated rings. The van der Waals surface area contributed by atoms with Gasteiger partial charge in [0.15, 0.2) is 0 Å². The van der Waals surface area contributed by atoms with Crippen LogP contribution in [0.1, 0.15) is 11.1 Å². The molecule has 0 saturated heterocycles. The van der Waals surface area contributed by atoms with E-state index in [4.69, 9.17) is 4.42 Å². The number of hydrogen-bond donors (Lipinski definition) is 3. The van der Waals surface area contributed by atoms with Gasteiger partial charge in [-0.2, -0.15) is 0 Å². The molecule has 0 saturated carbocycles. The van der Waals surface area contributed by atoms with Crippen molar-refractivity contribution in [1.29, 1.82) is 0 Å². The predicted molar refractivity (Wildman–Crippen MR) is 97.0 cm³/mol. The molecule has 0 bridgehead atoms. The molecule has 0 aliphatic heterocycles. The van der Waals surface area contributed by atoms with Crippen LogP contribution >= 0.6 is 15.9 Å². The standard InChI is InChI=1S/C18H14BrNO5/c1-9-13(8-16(23)20-11-4-2-3-10(19)5-11)18(24)25-15-7-12(21)6-14(22)17(9)15/h2-7,21-22H,8H2,1H3,(H,20,23). The van der Waals surface area contributed by atoms with E-state index in [9.17, 15) is 19.8 Å². The lowest BCUT2D eigenvalue weighted by molar-refractivity contribution is -0.115. The number of hydrogen-bond acceptors (Lipinski definition) is 5. The Balaban J connectivity index is 1.96. The lowest BCUT2D eigenvalue weighted by Crippen LogP contribution is -2.20. The van der Waals surface area contributed by atoms with Crippen LogP contribution in [0.4, 0.5) is 5.69 Å². The molecule has 3 N–H and O–H groups in total. The number of anilines is 1. The van der Waals surface area contributed by atoms with E-state index < -0.39 is 5.63 Å². The minimum Gasteiger partial charge on any atom is -0.508 e. The largest absolute Gasteiger partial charge is 0.508 e. The van der Waals surface area contributed by atoms with E-state index in [2.05, 4.69) is 21.2 Å². The maximum Gasteiger partial charge on any atom is 0.340 e. The number of fused-ring (bicyclic) bond motifs is 1. The molecule has 128 valence electrons. The highest BCUT2D eigenvalue weighted by Gasteiger charge is 2.18. The summed E-state index contributed by atoms with van der Waals surface area (Å²) in [7, 11) is 0. The van der Waals surface area contributed by atoms with E-state index in [0.717, 1.165) is 10.5 Å². The van der Waals surface area contributed by atoms with E-state index in [0.29, 0.717) is 16.6 Å². The minimum atomic E-state index is -0.681. The van der Waals surface area contributed by atoms with Gasteiger partial charge in [0.25, 0.3) is 0 Å². The van der Waals surface area contributed by atoms with Crippen molar-refractivity contribution in [3.8, 4) is 11.5 Å². The third-order valence-electron chi connectivity index (χ3n) is 3.79. The summed E-state index contributed by atoms with van der Waals surface area (Å²) in [6, 6.07) is 9.47. The highest BCUT2D eigenvalue weighted by atomic mass is 79.9. The van der Waals surface area contributed by atoms with Gasteiger partial charge in [-0.05, 0) is 30.7 Å². The van der Waals surface area contributed by atoms with Crippen LogP contribution in [-0.2, 0) is 11.2 Å². The maximum absolute atomic E-state index is 12.3. The van der Waals surface area contributed by atoms with Crippen molar-refractivity contribution in [2.45, 2.75) is 13.3 Å². The Kier molecular flexibility index (Phi) is 4.50. The van der Waals surface area contributed by atoms with E-state index in [1.807, 2.05) is 6.07 Å². The zero-order valence-corrected chi connectivity index (χ0v) is 14.8. The van der Waals surface area contributed by atoms with E-state index in [1.165, 1.54) is 6.07 Å². The average molecular weight is 404 g/mol. The summed E-state index contributed by atoms with van der Waals surface area (Å²) in [4.78, 5) is 24.5. The SMILES string of the molecule is Cc1c(CC(=O)Nc2cccc(Br)c2)c(=O)oc2cc(O)cc(O)c12. The molecule has 25 heavy (non-hydrogen) atoms. The van der Waals surface area contributed by atoms with Crippen LogP contribution in [0.5, 0.6) is 11.5 Å². The highest BCUT2D eigenvalue weighted by Crippen LogP contribution is 2.32. The van der Waals surface area contributed by atoms with Gasteiger partial charge in [-0.3, -0.25) is 4.79 Å². The molecule has 1 amide bonds. The molecule has 1 heterocycles. The quantitative estimate of drug-likeness (QED) is 0.581. The Morgan fingerprint density at radius 3 is 2.72 bits per heavy atom. The molecule has 0 aliphatic rings. The van der Waals surface area contributed by atoms with Crippen molar-refractivity contribution in [1.82, 2.24) is 0 Å². The molecule has 0 spiro atoms. The molecule has 3 aromatic rings. The first kappa shape index (κ1) is 17.0. The number of carbonyl (C=O) groups excluding carboxylic acids is 1. The number of amides is 1. The number of carbonyl (C=O) groups is 1. The van der Waals surface area contributed by atoms with Gasteiger partial charge >= 0.3 is 5.63 Å². The van der Waals surface area contributed by atoms with E-state index >= 15 is 0 Å². The van der Waals surface area contributed by atoms with Crippen LogP contribution in [0.15, 0.2) is 50.1 Å². The van der Waals surface area contributed by atoms with Gasteiger partial charge in [-0.25, -0.2) is 4.79 Å². The summed E-state index contributed by atoms with van der Waals surface area (Å²) in [6.45, 7) is 1.62. The maximum atomic E-state index is 12.3. The van der Waals surface area contributed by atoms with Crippen molar-refractivity contribution in [3.05, 3.63) is 62.4 Å². The summed E-state index contributed by atoms with van der Waals surface area (Å²) in [5.74, 6) is -0.816. The lowest BCUT2D eigenvalue weighted by atomic mass is 10.0. The van der Waals surface area contributed by atoms with Crippen LogP contribution in [-0.4, -0.2) is 16.1 Å². The number of halogens is 1. The second-order valence-corrected chi connectivity index (χ2v) is 6.48. The van der Waals surface area contributed by atoms with Gasteiger partial charge in [0.05, 0.1) is 17.4 Å². The fraction of sp³-hybridized carbons (Fsp3) is 0.111. The molecule has 0 atom stereocenters. The van der Waals surface area contributed by atoms with E-state index in [1.54, 1.807) is 25.1 Å². The number of aryl methyl sites for hydroxylation is 1. The highest BCUT2D eigenvalue weighted by molar-refractivity contribution is 9.10. The molecule has 0 aliphatic carbocycles. The predicted octanol–water partition coefficient (Wildman–Crippen LogP) is 3.46. The lowest BCUT2D eigenvalue weighted by Gasteiger charge is -2.10. The first-order valence-corrected chi connectivity index (χ1v) is 8.18. The van der Waals surface area contributed by atoms with Gasteiger partial charge in [-0.15, -0.1) is 0 Å². The molecular weight excluding hydrogens is 390 g/mol. The zero-order chi connectivity index (χ0) is 18.1. The number of phenols is 2. The number of aromatic hydroxyl groups is 2. The summed E-state index contributed by atoms with van der Waals surface area (Å²) in [5.41, 5.74) is 0.569. The van der Waals surface area contributed by atoms with Gasteiger partial charge in [0, 0.05) is 22.3 Å². The fourth-order valence-electron chi connectivity index (χ4n) is 2.65. The molecule has 0 unspecified atom stereocenters. The summed E-state index contributed by atoms with van der Waals surface area (Å²) in [6.07, 6.45) is -0.197. The monoisotopic (exact) mass is 403 g/mol. The first-order chi connectivity index (χ1) is 11.8. The number of phenolic OH excluding ortho intramolecular Hbond substituents is 2. The van der Waals surface area contributed by atoms with Crippen molar-refractivity contribution >= 4 is 38.5 Å². The van der Waals surface area contributed by atoms with Crippen LogP contribution in [0.25, 0.3) is 11.0 Å². The Morgan fingerprint density at radius 1 is 1.24 bits per heavy atom. The van der Waals surface area contributed by atoms with Crippen LogP contribution in [0.2, 0.25) is 0 Å². The summed E-state index contributed by atoms with van der Waals surface area (Å²) >= 11 is 3.32. The second-order valence-electron chi connectivity index (χ2n) is 5.57. The molecule has 6 nitrogen and oxygen atoms in total. The molecule has 1 aromatic heterocycles. The molecule has 0 radical (unpaired) electrons. The van der Waals surface area contributed by atoms with Crippen LogP contribution in [0, 0.1) is 6.92 Å². The third-order valence-corrected chi connectivity index (χ3v) is 4.28. The topological polar surface area (TPSA) is 99.8 Å². The van der Waals surface area contributed by atoms with Crippen molar-refractivity contribution in [3.63, 3.8) is 0 Å². The number of rotatable bonds is 3. The smallest absolute Gasteiger partial charge is 0.340 e. The number of nitrogens with one attached hydrogen (secondary N) is 1. The van der Waals surface area contributed by atoms with Crippen LogP contribution in [0.3, 0.4) is 0 Å². The average Bonchev–Trinajstić information content (AvgIpc) is 2.50. The molecule has 7 heteroatoms. The van der Waals surface area contributed by atoms with Gasteiger partial charge < -0.3 is 19.9 Å². The van der Waals surface area contributed by atoms with Gasteiger partial charge in [0.2, 0.25) is 5.91 Å². The Labute approximate surface area is 150 Å². The van der Waals surface area contributed by atoms with Gasteiger partial charge in [0.1, 0.15) is 17.1 Å². The Morgan fingerprint density at radius 2 is 2.00 bits per heavy atom. The summed E-state index contributed by atoms with van der Waals surface area (Å²) < 4.78 is 5.96. The first-order valence-electron chi connectivity index (χ1n) is 7.39. The fourth-order valence-corrected chi connectivity index (χ4v) is 3.05. The van der Waals surface area contributed by atoms with Crippen LogP contribution < -0.4 is 10.9 Å². The molecular formula is C18H14BrNO5. The Bertz CT molecular complexity index is 1040. The minimum absolute atomic E-state index is 0.0659. The second kappa shape index (κ2) is 6.60. The normalized spacial score (nSPS) is 10.8. The Hall–Kier alpha value is -2.80. The third kappa shape index (κ3) is 3.51.